The maximum absolute atomic E-state index is 11.6. The highest BCUT2D eigenvalue weighted by molar-refractivity contribution is 5.78. The van der Waals surface area contributed by atoms with Gasteiger partial charge in [-0.3, -0.25) is 4.79 Å². The van der Waals surface area contributed by atoms with Gasteiger partial charge in [0, 0.05) is 12.5 Å². The van der Waals surface area contributed by atoms with E-state index in [4.69, 9.17) is 5.11 Å². The van der Waals surface area contributed by atoms with Crippen molar-refractivity contribution in [3.05, 3.63) is 0 Å². The average molecular weight is 199 g/mol. The molecule has 2 N–H and O–H groups in total. The van der Waals surface area contributed by atoms with Gasteiger partial charge in [-0.15, -0.1) is 0 Å². The summed E-state index contributed by atoms with van der Waals surface area (Å²) in [6, 6.07) is 0. The quantitative estimate of drug-likeness (QED) is 0.720. The first-order valence-corrected chi connectivity index (χ1v) is 5.55. The van der Waals surface area contributed by atoms with Gasteiger partial charge >= 0.3 is 0 Å². The largest absolute Gasteiger partial charge is 0.392 e. The Balaban J connectivity index is 2.24. The molecule has 1 saturated carbocycles. The first-order valence-electron chi connectivity index (χ1n) is 5.55. The van der Waals surface area contributed by atoms with E-state index in [0.717, 1.165) is 31.6 Å². The molecule has 0 aromatic carbocycles. The minimum Gasteiger partial charge on any atom is -0.392 e. The monoisotopic (exact) mass is 199 g/mol. The summed E-state index contributed by atoms with van der Waals surface area (Å²) in [5, 5.41) is 11.8. The lowest BCUT2D eigenvalue weighted by Gasteiger charge is -2.25. The Kier molecular flexibility index (Phi) is 4.39. The van der Waals surface area contributed by atoms with Crippen LogP contribution in [0.25, 0.3) is 0 Å². The van der Waals surface area contributed by atoms with Crippen molar-refractivity contribution in [2.24, 2.45) is 11.8 Å². The molecule has 0 aliphatic heterocycles. The minimum absolute atomic E-state index is 0.123. The fourth-order valence-corrected chi connectivity index (χ4v) is 1.91. The van der Waals surface area contributed by atoms with Crippen molar-refractivity contribution in [2.75, 3.05) is 6.54 Å². The lowest BCUT2D eigenvalue weighted by molar-refractivity contribution is -0.126. The van der Waals surface area contributed by atoms with Crippen molar-refractivity contribution in [2.45, 2.75) is 45.6 Å². The fraction of sp³-hybridized carbons (Fsp3) is 0.909. The van der Waals surface area contributed by atoms with Crippen LogP contribution in [0.2, 0.25) is 0 Å². The predicted octanol–water partition coefficient (Wildman–Crippen LogP) is 1.31. The van der Waals surface area contributed by atoms with Crippen LogP contribution in [-0.2, 0) is 4.79 Å². The van der Waals surface area contributed by atoms with E-state index in [1.54, 1.807) is 6.92 Å². The van der Waals surface area contributed by atoms with E-state index in [-0.39, 0.29) is 11.8 Å². The highest BCUT2D eigenvalue weighted by atomic mass is 16.3. The van der Waals surface area contributed by atoms with Crippen LogP contribution in [0.3, 0.4) is 0 Å². The van der Waals surface area contributed by atoms with Gasteiger partial charge in [-0.25, -0.2) is 0 Å². The Morgan fingerprint density at radius 1 is 1.43 bits per heavy atom. The summed E-state index contributed by atoms with van der Waals surface area (Å²) in [7, 11) is 0. The van der Waals surface area contributed by atoms with E-state index in [2.05, 4.69) is 12.2 Å². The molecule has 0 aromatic rings. The third kappa shape index (κ3) is 3.66. The molecule has 82 valence electrons. The van der Waals surface area contributed by atoms with E-state index >= 15 is 0 Å². The van der Waals surface area contributed by atoms with E-state index in [1.807, 2.05) is 0 Å². The van der Waals surface area contributed by atoms with Crippen molar-refractivity contribution >= 4 is 5.91 Å². The molecule has 0 spiro atoms. The molecule has 0 aromatic heterocycles. The van der Waals surface area contributed by atoms with Crippen LogP contribution in [-0.4, -0.2) is 23.7 Å². The highest BCUT2D eigenvalue weighted by Gasteiger charge is 2.23. The smallest absolute Gasteiger partial charge is 0.223 e. The van der Waals surface area contributed by atoms with Gasteiger partial charge in [0.15, 0.2) is 0 Å². The molecule has 0 radical (unpaired) electrons. The zero-order valence-corrected chi connectivity index (χ0v) is 9.12. The third-order valence-electron chi connectivity index (χ3n) is 2.96. The van der Waals surface area contributed by atoms with Crippen LogP contribution < -0.4 is 5.32 Å². The number of hydrogen-bond donors (Lipinski definition) is 2. The molecular weight excluding hydrogens is 178 g/mol. The molecule has 1 amide bonds. The Morgan fingerprint density at radius 3 is 2.50 bits per heavy atom. The second kappa shape index (κ2) is 5.35. The molecule has 0 heterocycles. The first kappa shape index (κ1) is 11.5. The SMILES string of the molecule is CC1CCC(C(=O)NC[C@H](C)O)CC1. The molecule has 1 atom stereocenters. The number of hydrogen-bond acceptors (Lipinski definition) is 2. The van der Waals surface area contributed by atoms with Crippen LogP contribution in [0.15, 0.2) is 0 Å². The summed E-state index contributed by atoms with van der Waals surface area (Å²) in [6.07, 6.45) is 3.89. The fourth-order valence-electron chi connectivity index (χ4n) is 1.91. The van der Waals surface area contributed by atoms with Crippen LogP contribution in [0.5, 0.6) is 0 Å². The maximum Gasteiger partial charge on any atom is 0.223 e. The molecule has 1 rings (SSSR count). The lowest BCUT2D eigenvalue weighted by atomic mass is 9.82. The number of aliphatic hydroxyl groups excluding tert-OH is 1. The normalized spacial score (nSPS) is 29.6. The first-order chi connectivity index (χ1) is 6.59. The summed E-state index contributed by atoms with van der Waals surface area (Å²) in [5.41, 5.74) is 0. The number of carbonyl (C=O) groups excluding carboxylic acids is 1. The molecule has 14 heavy (non-hydrogen) atoms. The molecule has 0 unspecified atom stereocenters. The summed E-state index contributed by atoms with van der Waals surface area (Å²) >= 11 is 0. The van der Waals surface area contributed by atoms with Crippen LogP contribution in [0.4, 0.5) is 0 Å². The maximum atomic E-state index is 11.6. The molecule has 1 aliphatic rings. The van der Waals surface area contributed by atoms with Crippen molar-refractivity contribution < 1.29 is 9.90 Å². The minimum atomic E-state index is -0.443. The summed E-state index contributed by atoms with van der Waals surface area (Å²) in [4.78, 5) is 11.6. The number of nitrogens with one attached hydrogen (secondary N) is 1. The Labute approximate surface area is 85.9 Å². The number of aliphatic hydroxyl groups is 1. The van der Waals surface area contributed by atoms with Crippen molar-refractivity contribution in [1.82, 2.24) is 5.32 Å². The van der Waals surface area contributed by atoms with Crippen LogP contribution >= 0.6 is 0 Å². The molecule has 3 heteroatoms. The standard InChI is InChI=1S/C11H21NO2/c1-8-3-5-10(6-4-8)11(14)12-7-9(2)13/h8-10,13H,3-7H2,1-2H3,(H,12,14)/t8?,9-,10?/m0/s1. The van der Waals surface area contributed by atoms with Crippen LogP contribution in [0.1, 0.15) is 39.5 Å². The third-order valence-corrected chi connectivity index (χ3v) is 2.96. The number of rotatable bonds is 3. The topological polar surface area (TPSA) is 49.3 Å². The number of carbonyl (C=O) groups is 1. The second-order valence-electron chi connectivity index (χ2n) is 4.55. The number of amides is 1. The Morgan fingerprint density at radius 2 is 2.00 bits per heavy atom. The second-order valence-corrected chi connectivity index (χ2v) is 4.55. The van der Waals surface area contributed by atoms with E-state index in [9.17, 15) is 4.79 Å². The van der Waals surface area contributed by atoms with Crippen molar-refractivity contribution in [1.29, 1.82) is 0 Å². The van der Waals surface area contributed by atoms with Gasteiger partial charge < -0.3 is 10.4 Å². The van der Waals surface area contributed by atoms with E-state index in [0.29, 0.717) is 6.54 Å². The lowest BCUT2D eigenvalue weighted by Crippen LogP contribution is -2.36. The average Bonchev–Trinajstić information content (AvgIpc) is 2.15. The van der Waals surface area contributed by atoms with Gasteiger partial charge in [0.1, 0.15) is 0 Å². The van der Waals surface area contributed by atoms with Gasteiger partial charge in [-0.05, 0) is 38.5 Å². The molecule has 3 nitrogen and oxygen atoms in total. The van der Waals surface area contributed by atoms with E-state index in [1.165, 1.54) is 0 Å². The van der Waals surface area contributed by atoms with Gasteiger partial charge in [-0.2, -0.15) is 0 Å². The highest BCUT2D eigenvalue weighted by Crippen LogP contribution is 2.28. The zero-order chi connectivity index (χ0) is 10.6. The van der Waals surface area contributed by atoms with Gasteiger partial charge in [-0.1, -0.05) is 6.92 Å². The molecule has 0 saturated heterocycles. The van der Waals surface area contributed by atoms with Gasteiger partial charge in [0.05, 0.1) is 6.10 Å². The molecular formula is C11H21NO2. The van der Waals surface area contributed by atoms with Crippen molar-refractivity contribution in [3.8, 4) is 0 Å². The summed E-state index contributed by atoms with van der Waals surface area (Å²) in [6.45, 7) is 4.30. The Bertz CT molecular complexity index is 184. The molecule has 0 bridgehead atoms. The molecule has 1 aliphatic carbocycles. The summed E-state index contributed by atoms with van der Waals surface area (Å²) in [5.74, 6) is 1.08. The predicted molar refractivity (Wildman–Crippen MR) is 55.8 cm³/mol. The zero-order valence-electron chi connectivity index (χ0n) is 9.12. The van der Waals surface area contributed by atoms with Gasteiger partial charge in [0.25, 0.3) is 0 Å². The summed E-state index contributed by atoms with van der Waals surface area (Å²) < 4.78 is 0. The van der Waals surface area contributed by atoms with E-state index < -0.39 is 6.10 Å². The van der Waals surface area contributed by atoms with Crippen molar-refractivity contribution in [3.63, 3.8) is 0 Å². The van der Waals surface area contributed by atoms with Gasteiger partial charge in [0.2, 0.25) is 5.91 Å². The van der Waals surface area contributed by atoms with Crippen LogP contribution in [0, 0.1) is 11.8 Å². The molecule has 1 fully saturated rings. The Hall–Kier alpha value is -0.570.